The largest absolute Gasteiger partial charge is 0.334 e. The van der Waals surface area contributed by atoms with E-state index in [9.17, 15) is 0 Å². The molecule has 0 bridgehead atoms. The zero-order chi connectivity index (χ0) is 15.6. The summed E-state index contributed by atoms with van der Waals surface area (Å²) in [5.74, 6) is 7.15. The van der Waals surface area contributed by atoms with Crippen molar-refractivity contribution >= 4 is 22.4 Å². The lowest BCUT2D eigenvalue weighted by molar-refractivity contribution is 0.447. The van der Waals surface area contributed by atoms with Crippen molar-refractivity contribution in [3.05, 3.63) is 35.7 Å². The van der Waals surface area contributed by atoms with Crippen molar-refractivity contribution in [1.82, 2.24) is 19.9 Å². The van der Waals surface area contributed by atoms with Gasteiger partial charge in [0.15, 0.2) is 5.01 Å². The van der Waals surface area contributed by atoms with E-state index in [1.54, 1.807) is 11.3 Å². The van der Waals surface area contributed by atoms with Crippen LogP contribution in [0.4, 0.5) is 0 Å². The molecule has 3 heterocycles. The third kappa shape index (κ3) is 3.00. The Bertz CT molecular complexity index is 891. The van der Waals surface area contributed by atoms with Crippen LogP contribution in [0.1, 0.15) is 17.8 Å². The van der Waals surface area contributed by atoms with Crippen molar-refractivity contribution in [3.63, 3.8) is 0 Å². The Morgan fingerprint density at radius 2 is 2.13 bits per heavy atom. The van der Waals surface area contributed by atoms with Crippen LogP contribution in [0, 0.1) is 17.8 Å². The van der Waals surface area contributed by atoms with Gasteiger partial charge in [0.1, 0.15) is 0 Å². The predicted molar refractivity (Wildman–Crippen MR) is 94.3 cm³/mol. The predicted octanol–water partition coefficient (Wildman–Crippen LogP) is 3.05. The Labute approximate surface area is 139 Å². The maximum Gasteiger partial charge on any atom is 0.167 e. The van der Waals surface area contributed by atoms with Crippen LogP contribution < -0.4 is 5.32 Å². The van der Waals surface area contributed by atoms with Gasteiger partial charge in [-0.3, -0.25) is 0 Å². The Balaban J connectivity index is 1.59. The highest BCUT2D eigenvalue weighted by Crippen LogP contribution is 2.28. The summed E-state index contributed by atoms with van der Waals surface area (Å²) >= 11 is 1.66. The summed E-state index contributed by atoms with van der Waals surface area (Å²) < 4.78 is 2.04. The summed E-state index contributed by atoms with van der Waals surface area (Å²) in [7, 11) is 2.02. The number of piperidine rings is 1. The number of aryl methyl sites for hydroxylation is 1. The molecule has 0 spiro atoms. The highest BCUT2D eigenvalue weighted by Gasteiger charge is 2.10. The monoisotopic (exact) mass is 322 g/mol. The molecular formula is C18H18N4S. The van der Waals surface area contributed by atoms with Crippen molar-refractivity contribution in [3.8, 4) is 22.3 Å². The maximum absolute atomic E-state index is 4.47. The van der Waals surface area contributed by atoms with E-state index in [1.807, 2.05) is 24.1 Å². The summed E-state index contributed by atoms with van der Waals surface area (Å²) in [4.78, 5) is 9.99. The Kier molecular flexibility index (Phi) is 3.86. The van der Waals surface area contributed by atoms with Gasteiger partial charge in [0.2, 0.25) is 0 Å². The number of nitrogens with one attached hydrogen (secondary N) is 1. The fourth-order valence-corrected chi connectivity index (χ4v) is 3.65. The summed E-state index contributed by atoms with van der Waals surface area (Å²) in [5, 5.41) is 4.27. The minimum atomic E-state index is 0.509. The molecule has 1 fully saturated rings. The average molecular weight is 322 g/mol. The van der Waals surface area contributed by atoms with Crippen LogP contribution in [0.3, 0.4) is 0 Å². The minimum absolute atomic E-state index is 0.509. The molecule has 0 unspecified atom stereocenters. The molecule has 1 aromatic carbocycles. The van der Waals surface area contributed by atoms with Gasteiger partial charge in [0.05, 0.1) is 22.2 Å². The van der Waals surface area contributed by atoms with E-state index in [4.69, 9.17) is 0 Å². The molecule has 1 aliphatic heterocycles. The second kappa shape index (κ2) is 6.15. The van der Waals surface area contributed by atoms with Crippen LogP contribution in [0.5, 0.6) is 0 Å². The minimum Gasteiger partial charge on any atom is -0.334 e. The van der Waals surface area contributed by atoms with E-state index in [0.29, 0.717) is 5.92 Å². The number of rotatable bonds is 1. The summed E-state index contributed by atoms with van der Waals surface area (Å²) in [6.45, 7) is 2.15. The van der Waals surface area contributed by atoms with Crippen molar-refractivity contribution in [2.75, 3.05) is 13.1 Å². The molecule has 23 heavy (non-hydrogen) atoms. The van der Waals surface area contributed by atoms with Crippen LogP contribution in [0.25, 0.3) is 21.5 Å². The van der Waals surface area contributed by atoms with Crippen LogP contribution >= 0.6 is 11.3 Å². The molecule has 1 aliphatic rings. The normalized spacial score (nSPS) is 15.5. The number of benzene rings is 1. The van der Waals surface area contributed by atoms with Gasteiger partial charge in [-0.15, -0.1) is 11.3 Å². The number of hydrogen-bond donors (Lipinski definition) is 1. The Morgan fingerprint density at radius 1 is 1.26 bits per heavy atom. The second-order valence-electron chi connectivity index (χ2n) is 5.88. The molecule has 3 aromatic rings. The number of aromatic nitrogens is 3. The molecule has 0 aliphatic carbocycles. The van der Waals surface area contributed by atoms with Crippen LogP contribution in [0.2, 0.25) is 0 Å². The van der Waals surface area contributed by atoms with Gasteiger partial charge in [-0.1, -0.05) is 12.0 Å². The van der Waals surface area contributed by atoms with Crippen LogP contribution in [0.15, 0.2) is 30.7 Å². The van der Waals surface area contributed by atoms with Gasteiger partial charge in [-0.25, -0.2) is 9.97 Å². The van der Waals surface area contributed by atoms with E-state index in [2.05, 4.69) is 45.3 Å². The third-order valence-corrected chi connectivity index (χ3v) is 5.20. The van der Waals surface area contributed by atoms with Crippen molar-refractivity contribution in [2.45, 2.75) is 12.8 Å². The number of imidazole rings is 1. The summed E-state index contributed by atoms with van der Waals surface area (Å²) in [6.07, 6.45) is 6.05. The Hall–Kier alpha value is -2.16. The molecule has 116 valence electrons. The first-order chi connectivity index (χ1) is 11.3. The van der Waals surface area contributed by atoms with E-state index in [1.165, 1.54) is 5.56 Å². The Morgan fingerprint density at radius 3 is 3.00 bits per heavy atom. The van der Waals surface area contributed by atoms with Gasteiger partial charge < -0.3 is 9.88 Å². The molecule has 0 radical (unpaired) electrons. The van der Waals surface area contributed by atoms with Gasteiger partial charge in [0, 0.05) is 19.2 Å². The molecule has 0 amide bonds. The molecule has 5 heteroatoms. The number of fused-ring (bicyclic) bond motifs is 1. The second-order valence-corrected chi connectivity index (χ2v) is 6.91. The molecule has 0 saturated carbocycles. The quantitative estimate of drug-likeness (QED) is 0.700. The summed E-state index contributed by atoms with van der Waals surface area (Å²) in [6, 6.07) is 6.33. The van der Waals surface area contributed by atoms with Gasteiger partial charge in [-0.05, 0) is 49.5 Å². The lowest BCUT2D eigenvalue weighted by Crippen LogP contribution is -2.26. The standard InChI is InChI=1S/C18H18N4S/c1-22-12-21-15-4-3-14(10-16(15)22)17-11-20-18(23-17)5-2-13-6-8-19-9-7-13/h3-4,10-13,19H,6-9H2,1H3. The van der Waals surface area contributed by atoms with Crippen molar-refractivity contribution in [1.29, 1.82) is 0 Å². The van der Waals surface area contributed by atoms with Gasteiger partial charge in [-0.2, -0.15) is 0 Å². The fourth-order valence-electron chi connectivity index (χ4n) is 2.87. The van der Waals surface area contributed by atoms with E-state index >= 15 is 0 Å². The number of thiazole rings is 1. The lowest BCUT2D eigenvalue weighted by atomic mass is 9.99. The fraction of sp³-hybridized carbons (Fsp3) is 0.333. The van der Waals surface area contributed by atoms with Gasteiger partial charge in [0.25, 0.3) is 0 Å². The van der Waals surface area contributed by atoms with Gasteiger partial charge >= 0.3 is 0 Å². The number of hydrogen-bond acceptors (Lipinski definition) is 4. The first kappa shape index (κ1) is 14.4. The van der Waals surface area contributed by atoms with Crippen molar-refractivity contribution in [2.24, 2.45) is 13.0 Å². The zero-order valence-corrected chi connectivity index (χ0v) is 13.9. The van der Waals surface area contributed by atoms with Crippen LogP contribution in [-0.2, 0) is 7.05 Å². The molecule has 4 rings (SSSR count). The van der Waals surface area contributed by atoms with E-state index in [-0.39, 0.29) is 0 Å². The molecule has 4 nitrogen and oxygen atoms in total. The molecule has 1 N–H and O–H groups in total. The highest BCUT2D eigenvalue weighted by molar-refractivity contribution is 7.15. The first-order valence-corrected chi connectivity index (χ1v) is 8.71. The third-order valence-electron chi connectivity index (χ3n) is 4.24. The van der Waals surface area contributed by atoms with E-state index < -0.39 is 0 Å². The molecule has 0 atom stereocenters. The zero-order valence-electron chi connectivity index (χ0n) is 13.0. The molecular weight excluding hydrogens is 304 g/mol. The SMILES string of the molecule is Cn1cnc2ccc(-c3cnc(C#CC4CCNCC4)s3)cc21. The average Bonchev–Trinajstić information content (AvgIpc) is 3.21. The molecule has 1 saturated heterocycles. The van der Waals surface area contributed by atoms with Crippen molar-refractivity contribution < 1.29 is 0 Å². The first-order valence-electron chi connectivity index (χ1n) is 7.89. The lowest BCUT2D eigenvalue weighted by Gasteiger charge is -2.16. The topological polar surface area (TPSA) is 42.7 Å². The molecule has 2 aromatic heterocycles. The number of nitrogens with zero attached hydrogens (tertiary/aromatic N) is 3. The highest BCUT2D eigenvalue weighted by atomic mass is 32.1. The van der Waals surface area contributed by atoms with Crippen LogP contribution in [-0.4, -0.2) is 27.6 Å². The maximum atomic E-state index is 4.47. The smallest absolute Gasteiger partial charge is 0.167 e. The summed E-state index contributed by atoms with van der Waals surface area (Å²) in [5.41, 5.74) is 3.33. The van der Waals surface area contributed by atoms with E-state index in [0.717, 1.165) is 46.8 Å².